The lowest BCUT2D eigenvalue weighted by molar-refractivity contribution is 0.0690. The SMILES string of the molecule is NC(=S)c1ccc(C(=O)Nc2cccc(C(=O)O)n2)cc1. The van der Waals surface area contributed by atoms with Gasteiger partial charge in [0.1, 0.15) is 10.8 Å². The molecule has 2 aromatic rings. The van der Waals surface area contributed by atoms with Crippen LogP contribution in [-0.4, -0.2) is 27.0 Å². The van der Waals surface area contributed by atoms with Crippen molar-refractivity contribution in [2.75, 3.05) is 5.32 Å². The third-order valence-corrected chi connectivity index (χ3v) is 2.88. The van der Waals surface area contributed by atoms with Crippen LogP contribution >= 0.6 is 12.2 Å². The maximum atomic E-state index is 12.0. The van der Waals surface area contributed by atoms with Gasteiger partial charge in [-0.3, -0.25) is 4.79 Å². The molecular formula is C14H11N3O3S. The summed E-state index contributed by atoms with van der Waals surface area (Å²) in [6.45, 7) is 0. The number of nitrogens with one attached hydrogen (secondary N) is 1. The van der Waals surface area contributed by atoms with E-state index in [4.69, 9.17) is 23.1 Å². The molecule has 0 radical (unpaired) electrons. The zero-order valence-corrected chi connectivity index (χ0v) is 11.6. The number of nitrogens with two attached hydrogens (primary N) is 1. The normalized spacial score (nSPS) is 9.90. The molecule has 21 heavy (non-hydrogen) atoms. The molecule has 0 saturated heterocycles. The maximum absolute atomic E-state index is 12.0. The summed E-state index contributed by atoms with van der Waals surface area (Å²) in [5.74, 6) is -1.40. The number of hydrogen-bond acceptors (Lipinski definition) is 4. The van der Waals surface area contributed by atoms with Crippen LogP contribution in [-0.2, 0) is 0 Å². The molecule has 2 rings (SSSR count). The van der Waals surface area contributed by atoms with Crippen LogP contribution < -0.4 is 11.1 Å². The van der Waals surface area contributed by atoms with Gasteiger partial charge in [0.25, 0.3) is 5.91 Å². The summed E-state index contributed by atoms with van der Waals surface area (Å²) in [6, 6.07) is 10.8. The molecule has 0 bridgehead atoms. The first-order chi connectivity index (χ1) is 9.97. The van der Waals surface area contributed by atoms with E-state index < -0.39 is 11.9 Å². The van der Waals surface area contributed by atoms with Gasteiger partial charge in [-0.1, -0.05) is 30.4 Å². The Labute approximate surface area is 125 Å². The Morgan fingerprint density at radius 2 is 1.71 bits per heavy atom. The number of carbonyl (C=O) groups excluding carboxylic acids is 1. The first-order valence-electron chi connectivity index (χ1n) is 5.89. The number of carboxylic acid groups (broad SMARTS) is 1. The predicted octanol–water partition coefficient (Wildman–Crippen LogP) is 1.67. The number of aromatic nitrogens is 1. The van der Waals surface area contributed by atoms with Crippen LogP contribution in [0.15, 0.2) is 42.5 Å². The number of carboxylic acids is 1. The molecule has 0 aliphatic carbocycles. The Kier molecular flexibility index (Phi) is 4.24. The molecule has 1 aromatic carbocycles. The second-order valence-corrected chi connectivity index (χ2v) is 4.55. The molecule has 0 aliphatic rings. The Morgan fingerprint density at radius 1 is 1.10 bits per heavy atom. The summed E-state index contributed by atoms with van der Waals surface area (Å²) in [6.07, 6.45) is 0. The van der Waals surface area contributed by atoms with E-state index in [1.165, 1.54) is 18.2 Å². The van der Waals surface area contributed by atoms with Gasteiger partial charge in [-0.25, -0.2) is 9.78 Å². The second kappa shape index (κ2) is 6.10. The summed E-state index contributed by atoms with van der Waals surface area (Å²) in [5.41, 5.74) is 6.38. The molecule has 1 aromatic heterocycles. The monoisotopic (exact) mass is 301 g/mol. The van der Waals surface area contributed by atoms with Crippen molar-refractivity contribution in [3.05, 3.63) is 59.3 Å². The van der Waals surface area contributed by atoms with Crippen LogP contribution in [0.3, 0.4) is 0 Å². The third-order valence-electron chi connectivity index (χ3n) is 2.64. The van der Waals surface area contributed by atoms with Gasteiger partial charge in [0.05, 0.1) is 0 Å². The number of pyridine rings is 1. The van der Waals surface area contributed by atoms with Crippen LogP contribution in [0, 0.1) is 0 Å². The summed E-state index contributed by atoms with van der Waals surface area (Å²) in [5, 5.41) is 11.4. The summed E-state index contributed by atoms with van der Waals surface area (Å²) in [4.78, 5) is 26.9. The van der Waals surface area contributed by atoms with Crippen LogP contribution in [0.1, 0.15) is 26.4 Å². The van der Waals surface area contributed by atoms with Crippen LogP contribution in [0.25, 0.3) is 0 Å². The standard InChI is InChI=1S/C14H11N3O3S/c15-12(21)8-4-6-9(7-5-8)13(18)17-11-3-1-2-10(16-11)14(19)20/h1-7H,(H2,15,21)(H,19,20)(H,16,17,18). The molecular weight excluding hydrogens is 290 g/mol. The van der Waals surface area contributed by atoms with Crippen molar-refractivity contribution in [2.24, 2.45) is 5.73 Å². The predicted molar refractivity (Wildman–Crippen MR) is 81.5 cm³/mol. The van der Waals surface area contributed by atoms with Gasteiger partial charge in [-0.15, -0.1) is 0 Å². The lowest BCUT2D eigenvalue weighted by Gasteiger charge is -2.06. The van der Waals surface area contributed by atoms with Crippen molar-refractivity contribution in [3.8, 4) is 0 Å². The van der Waals surface area contributed by atoms with Crippen molar-refractivity contribution in [1.82, 2.24) is 4.98 Å². The molecule has 7 heteroatoms. The van der Waals surface area contributed by atoms with E-state index in [0.29, 0.717) is 11.1 Å². The van der Waals surface area contributed by atoms with Crippen molar-refractivity contribution in [3.63, 3.8) is 0 Å². The number of benzene rings is 1. The molecule has 0 saturated carbocycles. The minimum Gasteiger partial charge on any atom is -0.477 e. The molecule has 0 fully saturated rings. The highest BCUT2D eigenvalue weighted by Crippen LogP contribution is 2.09. The Hall–Kier alpha value is -2.80. The van der Waals surface area contributed by atoms with Gasteiger partial charge in [-0.2, -0.15) is 0 Å². The van der Waals surface area contributed by atoms with Crippen molar-refractivity contribution in [1.29, 1.82) is 0 Å². The zero-order chi connectivity index (χ0) is 15.4. The Bertz CT molecular complexity index is 714. The molecule has 1 amide bonds. The number of rotatable bonds is 4. The number of aromatic carboxylic acids is 1. The molecule has 106 valence electrons. The second-order valence-electron chi connectivity index (χ2n) is 4.11. The van der Waals surface area contributed by atoms with E-state index in [1.54, 1.807) is 24.3 Å². The third kappa shape index (κ3) is 3.61. The van der Waals surface area contributed by atoms with Crippen molar-refractivity contribution >= 4 is 34.9 Å². The molecule has 4 N–H and O–H groups in total. The average molecular weight is 301 g/mol. The van der Waals surface area contributed by atoms with Crippen molar-refractivity contribution in [2.45, 2.75) is 0 Å². The number of hydrogen-bond donors (Lipinski definition) is 3. The molecule has 0 atom stereocenters. The summed E-state index contributed by atoms with van der Waals surface area (Å²) >= 11 is 4.83. The largest absolute Gasteiger partial charge is 0.477 e. The number of amides is 1. The quantitative estimate of drug-likeness (QED) is 0.742. The highest BCUT2D eigenvalue weighted by molar-refractivity contribution is 7.80. The van der Waals surface area contributed by atoms with Crippen LogP contribution in [0.4, 0.5) is 5.82 Å². The molecule has 1 heterocycles. The fourth-order valence-corrected chi connectivity index (χ4v) is 1.73. The number of anilines is 1. The van der Waals surface area contributed by atoms with Gasteiger partial charge < -0.3 is 16.2 Å². The maximum Gasteiger partial charge on any atom is 0.354 e. The minimum absolute atomic E-state index is 0.142. The van der Waals surface area contributed by atoms with E-state index in [-0.39, 0.29) is 16.5 Å². The zero-order valence-electron chi connectivity index (χ0n) is 10.7. The first kappa shape index (κ1) is 14.6. The highest BCUT2D eigenvalue weighted by atomic mass is 32.1. The summed E-state index contributed by atoms with van der Waals surface area (Å²) in [7, 11) is 0. The lowest BCUT2D eigenvalue weighted by atomic mass is 10.1. The fraction of sp³-hybridized carbons (Fsp3) is 0. The molecule has 0 spiro atoms. The van der Waals surface area contributed by atoms with E-state index >= 15 is 0 Å². The number of thiocarbonyl (C=S) groups is 1. The van der Waals surface area contributed by atoms with Gasteiger partial charge in [0.2, 0.25) is 0 Å². The van der Waals surface area contributed by atoms with Crippen LogP contribution in [0.2, 0.25) is 0 Å². The van der Waals surface area contributed by atoms with Gasteiger partial charge in [-0.05, 0) is 24.3 Å². The average Bonchev–Trinajstić information content (AvgIpc) is 2.47. The van der Waals surface area contributed by atoms with E-state index in [2.05, 4.69) is 10.3 Å². The fourth-order valence-electron chi connectivity index (χ4n) is 1.60. The summed E-state index contributed by atoms with van der Waals surface area (Å²) < 4.78 is 0. The number of nitrogens with zero attached hydrogens (tertiary/aromatic N) is 1. The van der Waals surface area contributed by atoms with E-state index in [1.807, 2.05) is 0 Å². The Balaban J connectivity index is 2.16. The van der Waals surface area contributed by atoms with Crippen molar-refractivity contribution < 1.29 is 14.7 Å². The highest BCUT2D eigenvalue weighted by Gasteiger charge is 2.09. The van der Waals surface area contributed by atoms with Gasteiger partial charge in [0, 0.05) is 11.1 Å². The topological polar surface area (TPSA) is 105 Å². The lowest BCUT2D eigenvalue weighted by Crippen LogP contribution is -2.15. The minimum atomic E-state index is -1.16. The molecule has 0 unspecified atom stereocenters. The van der Waals surface area contributed by atoms with E-state index in [9.17, 15) is 9.59 Å². The molecule has 6 nitrogen and oxygen atoms in total. The smallest absolute Gasteiger partial charge is 0.354 e. The Morgan fingerprint density at radius 3 is 2.29 bits per heavy atom. The molecule has 0 aliphatic heterocycles. The van der Waals surface area contributed by atoms with Crippen LogP contribution in [0.5, 0.6) is 0 Å². The first-order valence-corrected chi connectivity index (χ1v) is 6.30. The number of carbonyl (C=O) groups is 2. The van der Waals surface area contributed by atoms with Gasteiger partial charge in [0.15, 0.2) is 5.69 Å². The van der Waals surface area contributed by atoms with Gasteiger partial charge >= 0.3 is 5.97 Å². The van der Waals surface area contributed by atoms with E-state index in [0.717, 1.165) is 0 Å².